The third-order valence-corrected chi connectivity index (χ3v) is 4.74. The minimum Gasteiger partial charge on any atom is -0.481 e. The van der Waals surface area contributed by atoms with Gasteiger partial charge in [-0.15, -0.1) is 0 Å². The lowest BCUT2D eigenvalue weighted by atomic mass is 10.0. The normalized spacial score (nSPS) is 29.1. The highest BCUT2D eigenvalue weighted by molar-refractivity contribution is 8.04. The van der Waals surface area contributed by atoms with Gasteiger partial charge < -0.3 is 25.4 Å². The molecule has 0 amide bonds. The molecule has 0 spiro atoms. The molecule has 0 aromatic rings. The first-order valence-corrected chi connectivity index (χ1v) is 7.23. The number of carboxylic acids is 2. The monoisotopic (exact) mass is 303 g/mol. The van der Waals surface area contributed by atoms with Gasteiger partial charge in [0.25, 0.3) is 0 Å². The number of nitrogens with one attached hydrogen (secondary N) is 1. The van der Waals surface area contributed by atoms with Gasteiger partial charge in [0.1, 0.15) is 11.6 Å². The van der Waals surface area contributed by atoms with Crippen molar-refractivity contribution in [2.45, 2.75) is 37.3 Å². The van der Waals surface area contributed by atoms with E-state index in [9.17, 15) is 24.9 Å². The Balaban J connectivity index is 2.20. The van der Waals surface area contributed by atoms with E-state index in [1.807, 2.05) is 0 Å². The van der Waals surface area contributed by atoms with Crippen molar-refractivity contribution in [1.29, 1.82) is 0 Å². The summed E-state index contributed by atoms with van der Waals surface area (Å²) in [6.07, 6.45) is 0.189. The maximum absolute atomic E-state index is 11.3. The Morgan fingerprint density at radius 1 is 1.45 bits per heavy atom. The molecule has 0 aromatic heterocycles. The van der Waals surface area contributed by atoms with Crippen LogP contribution in [0.4, 0.5) is 0 Å². The number of aliphatic hydroxyl groups is 1. The Morgan fingerprint density at radius 3 is 2.60 bits per heavy atom. The van der Waals surface area contributed by atoms with Crippen LogP contribution >= 0.6 is 11.8 Å². The van der Waals surface area contributed by atoms with Gasteiger partial charge in [-0.05, 0) is 19.8 Å². The summed E-state index contributed by atoms with van der Waals surface area (Å²) in [4.78, 5) is 23.0. The predicted octanol–water partition coefficient (Wildman–Crippen LogP) is 0.206. The Hall–Kier alpha value is -1.25. The Bertz CT molecular complexity index is 443. The van der Waals surface area contributed by atoms with E-state index in [0.29, 0.717) is 11.5 Å². The molecule has 0 saturated carbocycles. The molecule has 0 bridgehead atoms. The molecule has 7 nitrogen and oxygen atoms in total. The number of ether oxygens (including phenoxy) is 1. The van der Waals surface area contributed by atoms with E-state index in [4.69, 9.17) is 4.74 Å². The zero-order chi connectivity index (χ0) is 14.9. The van der Waals surface area contributed by atoms with E-state index in [1.165, 1.54) is 6.92 Å². The van der Waals surface area contributed by atoms with E-state index in [1.54, 1.807) is 0 Å². The van der Waals surface area contributed by atoms with Crippen LogP contribution in [0.5, 0.6) is 0 Å². The minimum absolute atomic E-state index is 0.0150. The molecule has 4 N–H and O–H groups in total. The third-order valence-electron chi connectivity index (χ3n) is 3.35. The maximum atomic E-state index is 11.3. The van der Waals surface area contributed by atoms with E-state index in [2.05, 4.69) is 5.32 Å². The van der Waals surface area contributed by atoms with Crippen molar-refractivity contribution in [2.75, 3.05) is 6.61 Å². The summed E-state index contributed by atoms with van der Waals surface area (Å²) in [5.74, 6) is -3.39. The number of hydrogen-bond donors (Lipinski definition) is 4. The molecular weight excluding hydrogens is 286 g/mol. The lowest BCUT2D eigenvalue weighted by molar-refractivity contribution is -0.145. The lowest BCUT2D eigenvalue weighted by Crippen LogP contribution is -2.41. The van der Waals surface area contributed by atoms with Gasteiger partial charge in [-0.2, -0.15) is 0 Å². The van der Waals surface area contributed by atoms with Crippen LogP contribution in [0, 0.1) is 5.92 Å². The molecule has 2 heterocycles. The number of thioether (sulfide) groups is 1. The fraction of sp³-hybridized carbons (Fsp3) is 0.667. The van der Waals surface area contributed by atoms with Crippen molar-refractivity contribution < 1.29 is 29.6 Å². The summed E-state index contributed by atoms with van der Waals surface area (Å²) in [6, 6.07) is 0. The van der Waals surface area contributed by atoms with Crippen LogP contribution in [0.1, 0.15) is 19.8 Å². The van der Waals surface area contributed by atoms with E-state index in [-0.39, 0.29) is 11.8 Å². The van der Waals surface area contributed by atoms with Gasteiger partial charge in [0.05, 0.1) is 17.6 Å². The summed E-state index contributed by atoms with van der Waals surface area (Å²) in [5, 5.41) is 30.0. The molecule has 4 atom stereocenters. The Labute approximate surface area is 120 Å². The molecule has 112 valence electrons. The van der Waals surface area contributed by atoms with E-state index < -0.39 is 29.3 Å². The summed E-state index contributed by atoms with van der Waals surface area (Å²) in [5.41, 5.74) is -0.0150. The largest absolute Gasteiger partial charge is 0.481 e. The van der Waals surface area contributed by atoms with Gasteiger partial charge in [-0.25, -0.2) is 4.79 Å². The number of carbonyl (C=O) groups is 2. The summed E-state index contributed by atoms with van der Waals surface area (Å²) >= 11 is 1.13. The van der Waals surface area contributed by atoms with Gasteiger partial charge >= 0.3 is 11.9 Å². The molecular formula is C12H17NO6S. The van der Waals surface area contributed by atoms with Crippen molar-refractivity contribution in [2.24, 2.45) is 5.92 Å². The average Bonchev–Trinajstić information content (AvgIpc) is 2.94. The first kappa shape index (κ1) is 15.1. The van der Waals surface area contributed by atoms with E-state index >= 15 is 0 Å². The average molecular weight is 303 g/mol. The molecule has 2 rings (SSSR count). The van der Waals surface area contributed by atoms with Crippen molar-refractivity contribution in [3.05, 3.63) is 10.6 Å². The Kier molecular flexibility index (Phi) is 4.56. The van der Waals surface area contributed by atoms with Crippen LogP contribution < -0.4 is 5.32 Å². The molecule has 2 aliphatic heterocycles. The summed E-state index contributed by atoms with van der Waals surface area (Å²) < 4.78 is 5.47. The highest BCUT2D eigenvalue weighted by Gasteiger charge is 2.42. The Morgan fingerprint density at radius 2 is 2.15 bits per heavy atom. The second-order valence-electron chi connectivity index (χ2n) is 4.83. The zero-order valence-electron chi connectivity index (χ0n) is 10.9. The molecule has 0 aromatic carbocycles. The molecule has 0 aliphatic carbocycles. The SMILES string of the molecule is CC(O)C(C(=O)O)C1NC(C(=O)O)=C(C2CCCO2)S1. The van der Waals surface area contributed by atoms with Crippen molar-refractivity contribution in [3.8, 4) is 0 Å². The third kappa shape index (κ3) is 2.92. The quantitative estimate of drug-likeness (QED) is 0.569. The first-order chi connectivity index (χ1) is 9.41. The van der Waals surface area contributed by atoms with Gasteiger partial charge in [0, 0.05) is 11.5 Å². The predicted molar refractivity (Wildman–Crippen MR) is 71.0 cm³/mol. The summed E-state index contributed by atoms with van der Waals surface area (Å²) in [7, 11) is 0. The van der Waals surface area contributed by atoms with Crippen LogP contribution in [0.2, 0.25) is 0 Å². The van der Waals surface area contributed by atoms with Gasteiger partial charge in [-0.3, -0.25) is 4.79 Å². The lowest BCUT2D eigenvalue weighted by Gasteiger charge is -2.22. The van der Waals surface area contributed by atoms with Crippen LogP contribution in [0.15, 0.2) is 10.6 Å². The molecule has 20 heavy (non-hydrogen) atoms. The zero-order valence-corrected chi connectivity index (χ0v) is 11.7. The number of aliphatic carboxylic acids is 2. The maximum Gasteiger partial charge on any atom is 0.352 e. The van der Waals surface area contributed by atoms with Crippen LogP contribution in [0.25, 0.3) is 0 Å². The standard InChI is InChI=1S/C12H17NO6S/c1-5(14)7(11(15)16)10-13-8(12(17)18)9(20-10)6-3-2-4-19-6/h5-7,10,13-14H,2-4H2,1H3,(H,15,16)(H,17,18). The molecule has 4 unspecified atom stereocenters. The number of hydrogen-bond acceptors (Lipinski definition) is 6. The topological polar surface area (TPSA) is 116 Å². The van der Waals surface area contributed by atoms with Crippen molar-refractivity contribution in [3.63, 3.8) is 0 Å². The number of rotatable bonds is 5. The molecule has 1 fully saturated rings. The highest BCUT2D eigenvalue weighted by atomic mass is 32.2. The second-order valence-corrected chi connectivity index (χ2v) is 6.02. The second kappa shape index (κ2) is 6.02. The molecule has 1 saturated heterocycles. The van der Waals surface area contributed by atoms with Crippen LogP contribution in [-0.2, 0) is 14.3 Å². The summed E-state index contributed by atoms with van der Waals surface area (Å²) in [6.45, 7) is 1.95. The van der Waals surface area contributed by atoms with Crippen LogP contribution in [-0.4, -0.2) is 51.4 Å². The van der Waals surface area contributed by atoms with Crippen molar-refractivity contribution in [1.82, 2.24) is 5.32 Å². The molecule has 0 radical (unpaired) electrons. The van der Waals surface area contributed by atoms with Gasteiger partial charge in [-0.1, -0.05) is 11.8 Å². The molecule has 8 heteroatoms. The smallest absolute Gasteiger partial charge is 0.352 e. The first-order valence-electron chi connectivity index (χ1n) is 6.35. The minimum atomic E-state index is -1.16. The number of aliphatic hydroxyl groups excluding tert-OH is 1. The van der Waals surface area contributed by atoms with E-state index in [0.717, 1.165) is 24.6 Å². The fourth-order valence-electron chi connectivity index (χ4n) is 2.38. The van der Waals surface area contributed by atoms with Crippen molar-refractivity contribution >= 4 is 23.7 Å². The fourth-order valence-corrected chi connectivity index (χ4v) is 3.92. The molecule has 2 aliphatic rings. The van der Waals surface area contributed by atoms with Crippen LogP contribution in [0.3, 0.4) is 0 Å². The van der Waals surface area contributed by atoms with Gasteiger partial charge in [0.2, 0.25) is 0 Å². The number of carboxylic acid groups (broad SMARTS) is 2. The van der Waals surface area contributed by atoms with Gasteiger partial charge in [0.15, 0.2) is 0 Å². The highest BCUT2D eigenvalue weighted by Crippen LogP contribution is 2.40.